The van der Waals surface area contributed by atoms with Crippen molar-refractivity contribution in [3.05, 3.63) is 27.0 Å². The summed E-state index contributed by atoms with van der Waals surface area (Å²) in [6.07, 6.45) is 1.44. The Morgan fingerprint density at radius 3 is 2.95 bits per heavy atom. The fourth-order valence-corrected chi connectivity index (χ4v) is 2.66. The molecule has 0 aromatic carbocycles. The van der Waals surface area contributed by atoms with Gasteiger partial charge >= 0.3 is 0 Å². The Kier molecular flexibility index (Phi) is 4.95. The van der Waals surface area contributed by atoms with E-state index in [1.54, 1.807) is 11.8 Å². The predicted molar refractivity (Wildman–Crippen MR) is 80.1 cm³/mol. The number of aliphatic hydroxyl groups excluding tert-OH is 1. The summed E-state index contributed by atoms with van der Waals surface area (Å²) >= 11 is 4.93. The van der Waals surface area contributed by atoms with Crippen LogP contribution in [0.1, 0.15) is 0 Å². The maximum Gasteiger partial charge on any atom is 0.230 e. The van der Waals surface area contributed by atoms with E-state index in [0.717, 1.165) is 12.3 Å². The number of rotatable bonds is 6. The number of aliphatic hydroxyl groups is 1. The van der Waals surface area contributed by atoms with E-state index in [9.17, 15) is 4.79 Å². The number of furan rings is 1. The highest BCUT2D eigenvalue weighted by atomic mass is 79.9. The monoisotopic (exact) mass is 347 g/mol. The maximum absolute atomic E-state index is 11.9. The highest BCUT2D eigenvalue weighted by molar-refractivity contribution is 9.10. The van der Waals surface area contributed by atoms with Gasteiger partial charge in [-0.1, -0.05) is 0 Å². The smallest absolute Gasteiger partial charge is 0.230 e. The molecule has 104 valence electrons. The van der Waals surface area contributed by atoms with Crippen molar-refractivity contribution in [3.8, 4) is 0 Å². The van der Waals surface area contributed by atoms with Gasteiger partial charge in [0.2, 0.25) is 11.0 Å². The number of anilines is 1. The molecule has 7 heteroatoms. The van der Waals surface area contributed by atoms with Gasteiger partial charge in [-0.25, -0.2) is 0 Å². The third-order valence-corrected chi connectivity index (χ3v) is 4.06. The SMILES string of the molecule is CN(CCSCCO)c1cc(=O)c2occ(Br)c2o1. The third kappa shape index (κ3) is 3.34. The Morgan fingerprint density at radius 2 is 2.21 bits per heavy atom. The van der Waals surface area contributed by atoms with Crippen LogP contribution in [-0.4, -0.2) is 36.8 Å². The standard InChI is InChI=1S/C12H14BrNO4S/c1-14(2-4-19-5-3-15)10-6-9(16)12-11(18-10)8(13)7-17-12/h6-7,15H,2-5H2,1H3. The van der Waals surface area contributed by atoms with E-state index in [-0.39, 0.29) is 17.6 Å². The first-order valence-electron chi connectivity index (χ1n) is 5.74. The van der Waals surface area contributed by atoms with E-state index in [2.05, 4.69) is 15.9 Å². The van der Waals surface area contributed by atoms with Crippen molar-refractivity contribution in [2.75, 3.05) is 36.6 Å². The summed E-state index contributed by atoms with van der Waals surface area (Å²) in [5.41, 5.74) is 0.452. The Bertz CT molecular complexity index is 609. The molecule has 0 bridgehead atoms. The maximum atomic E-state index is 11.9. The van der Waals surface area contributed by atoms with Crippen LogP contribution in [0.3, 0.4) is 0 Å². The first-order valence-corrected chi connectivity index (χ1v) is 7.69. The minimum atomic E-state index is -0.197. The van der Waals surface area contributed by atoms with Crippen molar-refractivity contribution in [2.45, 2.75) is 0 Å². The molecule has 2 heterocycles. The van der Waals surface area contributed by atoms with Crippen LogP contribution in [0, 0.1) is 0 Å². The molecule has 19 heavy (non-hydrogen) atoms. The molecular formula is C12H14BrNO4S. The molecule has 0 unspecified atom stereocenters. The number of hydrogen-bond donors (Lipinski definition) is 1. The molecule has 0 atom stereocenters. The molecule has 0 spiro atoms. The molecule has 0 aliphatic rings. The van der Waals surface area contributed by atoms with Crippen molar-refractivity contribution in [3.63, 3.8) is 0 Å². The average Bonchev–Trinajstić information content (AvgIpc) is 2.77. The van der Waals surface area contributed by atoms with Gasteiger partial charge in [0.15, 0.2) is 11.5 Å². The van der Waals surface area contributed by atoms with Gasteiger partial charge in [-0.2, -0.15) is 11.8 Å². The lowest BCUT2D eigenvalue weighted by Gasteiger charge is -2.16. The Hall–Kier alpha value is -0.920. The molecular weight excluding hydrogens is 334 g/mol. The lowest BCUT2D eigenvalue weighted by Crippen LogP contribution is -2.21. The van der Waals surface area contributed by atoms with E-state index in [4.69, 9.17) is 13.9 Å². The second-order valence-electron chi connectivity index (χ2n) is 3.95. The Labute approximate surface area is 122 Å². The van der Waals surface area contributed by atoms with E-state index < -0.39 is 0 Å². The second-order valence-corrected chi connectivity index (χ2v) is 6.03. The van der Waals surface area contributed by atoms with Crippen LogP contribution in [0.4, 0.5) is 5.88 Å². The quantitative estimate of drug-likeness (QED) is 0.808. The predicted octanol–water partition coefficient (Wildman–Crippen LogP) is 2.31. The largest absolute Gasteiger partial charge is 0.456 e. The fourth-order valence-electron chi connectivity index (χ4n) is 1.57. The van der Waals surface area contributed by atoms with Gasteiger partial charge in [-0.3, -0.25) is 4.79 Å². The highest BCUT2D eigenvalue weighted by Crippen LogP contribution is 2.27. The number of nitrogens with zero attached hydrogens (tertiary/aromatic N) is 1. The normalized spacial score (nSPS) is 11.1. The van der Waals surface area contributed by atoms with E-state index >= 15 is 0 Å². The molecule has 1 N–H and O–H groups in total. The molecule has 0 radical (unpaired) electrons. The molecule has 0 saturated heterocycles. The minimum absolute atomic E-state index is 0.178. The third-order valence-electron chi connectivity index (χ3n) is 2.57. The van der Waals surface area contributed by atoms with Gasteiger partial charge < -0.3 is 18.8 Å². The molecule has 2 aromatic heterocycles. The molecule has 2 aromatic rings. The van der Waals surface area contributed by atoms with Crippen molar-refractivity contribution in [1.29, 1.82) is 0 Å². The van der Waals surface area contributed by atoms with E-state index in [1.165, 1.54) is 12.3 Å². The van der Waals surface area contributed by atoms with Crippen LogP contribution >= 0.6 is 27.7 Å². The van der Waals surface area contributed by atoms with Crippen LogP contribution in [0.15, 0.2) is 30.4 Å². The van der Waals surface area contributed by atoms with Gasteiger partial charge in [0.25, 0.3) is 0 Å². The zero-order valence-corrected chi connectivity index (χ0v) is 12.8. The fraction of sp³-hybridized carbons (Fsp3) is 0.417. The molecule has 0 saturated carbocycles. The number of thioether (sulfide) groups is 1. The lowest BCUT2D eigenvalue weighted by atomic mass is 10.4. The average molecular weight is 348 g/mol. The first-order chi connectivity index (χ1) is 9.13. The van der Waals surface area contributed by atoms with Gasteiger partial charge in [-0.15, -0.1) is 0 Å². The van der Waals surface area contributed by atoms with Gasteiger partial charge in [0.1, 0.15) is 6.26 Å². The summed E-state index contributed by atoms with van der Waals surface area (Å²) in [6.45, 7) is 0.909. The summed E-state index contributed by atoms with van der Waals surface area (Å²) in [5.74, 6) is 2.07. The van der Waals surface area contributed by atoms with Crippen LogP contribution in [-0.2, 0) is 0 Å². The van der Waals surface area contributed by atoms with Gasteiger partial charge in [-0.05, 0) is 15.9 Å². The Balaban J connectivity index is 2.15. The molecule has 0 fully saturated rings. The van der Waals surface area contributed by atoms with Crippen LogP contribution in [0.25, 0.3) is 11.2 Å². The van der Waals surface area contributed by atoms with Crippen molar-refractivity contribution in [2.24, 2.45) is 0 Å². The zero-order valence-electron chi connectivity index (χ0n) is 10.4. The summed E-state index contributed by atoms with van der Waals surface area (Å²) in [5, 5.41) is 8.70. The van der Waals surface area contributed by atoms with Gasteiger partial charge in [0.05, 0.1) is 17.1 Å². The summed E-state index contributed by atoms with van der Waals surface area (Å²) in [6, 6.07) is 1.43. The molecule has 0 amide bonds. The molecule has 2 rings (SSSR count). The second kappa shape index (κ2) is 6.49. The van der Waals surface area contributed by atoms with E-state index in [0.29, 0.717) is 21.7 Å². The number of fused-ring (bicyclic) bond motifs is 1. The lowest BCUT2D eigenvalue weighted by molar-refractivity contribution is 0.322. The number of halogens is 1. The van der Waals surface area contributed by atoms with Crippen LogP contribution < -0.4 is 10.3 Å². The minimum Gasteiger partial charge on any atom is -0.456 e. The van der Waals surface area contributed by atoms with Crippen molar-refractivity contribution >= 4 is 44.7 Å². The van der Waals surface area contributed by atoms with E-state index in [1.807, 2.05) is 11.9 Å². The molecule has 5 nitrogen and oxygen atoms in total. The summed E-state index contributed by atoms with van der Waals surface area (Å²) in [4.78, 5) is 13.7. The van der Waals surface area contributed by atoms with Crippen molar-refractivity contribution < 1.29 is 13.9 Å². The van der Waals surface area contributed by atoms with Crippen LogP contribution in [0.2, 0.25) is 0 Å². The first kappa shape index (κ1) is 14.5. The topological polar surface area (TPSA) is 66.8 Å². The highest BCUT2D eigenvalue weighted by Gasteiger charge is 2.13. The zero-order chi connectivity index (χ0) is 13.8. The Morgan fingerprint density at radius 1 is 1.42 bits per heavy atom. The molecule has 0 aliphatic heterocycles. The van der Waals surface area contributed by atoms with Gasteiger partial charge in [0, 0.05) is 25.1 Å². The molecule has 0 aliphatic carbocycles. The number of hydrogen-bond acceptors (Lipinski definition) is 6. The van der Waals surface area contributed by atoms with Crippen molar-refractivity contribution in [1.82, 2.24) is 0 Å². The van der Waals surface area contributed by atoms with Crippen LogP contribution in [0.5, 0.6) is 0 Å². The summed E-state index contributed by atoms with van der Waals surface area (Å²) < 4.78 is 11.4. The summed E-state index contributed by atoms with van der Waals surface area (Å²) in [7, 11) is 1.86.